The highest BCUT2D eigenvalue weighted by Crippen LogP contribution is 2.39. The molecule has 1 aliphatic carbocycles. The summed E-state index contributed by atoms with van der Waals surface area (Å²) in [5.41, 5.74) is 0. The van der Waals surface area contributed by atoms with Crippen LogP contribution in [0.2, 0.25) is 0 Å². The van der Waals surface area contributed by atoms with E-state index in [4.69, 9.17) is 4.74 Å². The normalized spacial score (nSPS) is 19.7. The van der Waals surface area contributed by atoms with Gasteiger partial charge in [-0.1, -0.05) is 11.8 Å². The number of aromatic nitrogens is 3. The lowest BCUT2D eigenvalue weighted by atomic mass is 9.97. The second-order valence-corrected chi connectivity index (χ2v) is 8.09. The van der Waals surface area contributed by atoms with E-state index in [-0.39, 0.29) is 23.0 Å². The summed E-state index contributed by atoms with van der Waals surface area (Å²) in [6.07, 6.45) is 3.72. The van der Waals surface area contributed by atoms with Gasteiger partial charge in [0, 0.05) is 26.1 Å². The van der Waals surface area contributed by atoms with Crippen LogP contribution in [0.15, 0.2) is 5.16 Å². The Morgan fingerprint density at radius 2 is 1.92 bits per heavy atom. The van der Waals surface area contributed by atoms with E-state index in [0.717, 1.165) is 11.0 Å². The van der Waals surface area contributed by atoms with Gasteiger partial charge < -0.3 is 14.2 Å². The van der Waals surface area contributed by atoms with Crippen LogP contribution >= 0.6 is 11.8 Å². The third kappa shape index (κ3) is 4.16. The molecular formula is C17H26N4O3S. The van der Waals surface area contributed by atoms with Crippen LogP contribution in [0.25, 0.3) is 0 Å². The molecule has 7 nitrogen and oxygen atoms in total. The third-order valence-corrected chi connectivity index (χ3v) is 5.99. The number of amides is 1. The van der Waals surface area contributed by atoms with Crippen LogP contribution in [0.4, 0.5) is 0 Å². The predicted molar refractivity (Wildman–Crippen MR) is 94.2 cm³/mol. The van der Waals surface area contributed by atoms with Crippen molar-refractivity contribution in [2.45, 2.75) is 55.9 Å². The molecule has 3 rings (SSSR count). The lowest BCUT2D eigenvalue weighted by Gasteiger charge is -2.32. The summed E-state index contributed by atoms with van der Waals surface area (Å²) < 4.78 is 7.09. The number of hydrogen-bond donors (Lipinski definition) is 0. The molecular weight excluding hydrogens is 340 g/mol. The van der Waals surface area contributed by atoms with Crippen molar-refractivity contribution >= 4 is 23.6 Å². The number of hydrogen-bond acceptors (Lipinski definition) is 6. The third-order valence-electron chi connectivity index (χ3n) is 4.87. The van der Waals surface area contributed by atoms with Gasteiger partial charge in [-0.05, 0) is 39.5 Å². The van der Waals surface area contributed by atoms with Crippen LogP contribution in [0.5, 0.6) is 0 Å². The number of esters is 1. The van der Waals surface area contributed by atoms with E-state index < -0.39 is 0 Å². The van der Waals surface area contributed by atoms with E-state index in [1.165, 1.54) is 24.6 Å². The first-order chi connectivity index (χ1) is 12.0. The van der Waals surface area contributed by atoms with Crippen LogP contribution in [-0.2, 0) is 21.4 Å². The molecule has 1 aromatic rings. The molecule has 1 amide bonds. The van der Waals surface area contributed by atoms with Gasteiger partial charge in [0.25, 0.3) is 0 Å². The fourth-order valence-electron chi connectivity index (χ4n) is 3.19. The largest absolute Gasteiger partial charge is 0.466 e. The monoisotopic (exact) mass is 366 g/mol. The number of rotatable bonds is 6. The predicted octanol–water partition coefficient (Wildman–Crippen LogP) is 1.97. The van der Waals surface area contributed by atoms with Crippen molar-refractivity contribution in [3.8, 4) is 0 Å². The summed E-state index contributed by atoms with van der Waals surface area (Å²) in [7, 11) is 1.97. The molecule has 2 aliphatic rings. The van der Waals surface area contributed by atoms with Crippen LogP contribution in [0.1, 0.15) is 51.3 Å². The highest BCUT2D eigenvalue weighted by molar-refractivity contribution is 8.00. The standard InChI is InChI=1S/C17H26N4O3S/c1-4-24-16(23)13-7-9-21(10-8-13)15(22)11(2)25-17-19-18-14(20(17)3)12-5-6-12/h11-13H,4-10H2,1-3H3. The first-order valence-corrected chi connectivity index (χ1v) is 9.90. The van der Waals surface area contributed by atoms with Crippen molar-refractivity contribution in [1.29, 1.82) is 0 Å². The van der Waals surface area contributed by atoms with Gasteiger partial charge in [-0.15, -0.1) is 10.2 Å². The summed E-state index contributed by atoms with van der Waals surface area (Å²) >= 11 is 1.46. The molecule has 1 aliphatic heterocycles. The number of nitrogens with zero attached hydrogens (tertiary/aromatic N) is 4. The summed E-state index contributed by atoms with van der Waals surface area (Å²) in [6, 6.07) is 0. The molecule has 1 unspecified atom stereocenters. The zero-order valence-electron chi connectivity index (χ0n) is 15.1. The van der Waals surface area contributed by atoms with Crippen molar-refractivity contribution in [3.05, 3.63) is 5.82 Å². The first kappa shape index (κ1) is 18.2. The average molecular weight is 366 g/mol. The zero-order chi connectivity index (χ0) is 18.0. The topological polar surface area (TPSA) is 77.3 Å². The fraction of sp³-hybridized carbons (Fsp3) is 0.765. The second-order valence-electron chi connectivity index (χ2n) is 6.79. The van der Waals surface area contributed by atoms with Gasteiger partial charge in [0.2, 0.25) is 5.91 Å². The number of carbonyl (C=O) groups is 2. The Labute approximate surface area is 152 Å². The lowest BCUT2D eigenvalue weighted by molar-refractivity contribution is -0.151. The molecule has 0 aromatic carbocycles. The zero-order valence-corrected chi connectivity index (χ0v) is 15.9. The number of thioether (sulfide) groups is 1. The first-order valence-electron chi connectivity index (χ1n) is 9.02. The van der Waals surface area contributed by atoms with Crippen LogP contribution in [-0.4, -0.2) is 56.5 Å². The molecule has 1 saturated heterocycles. The Morgan fingerprint density at radius 3 is 2.52 bits per heavy atom. The van der Waals surface area contributed by atoms with E-state index in [2.05, 4.69) is 10.2 Å². The van der Waals surface area contributed by atoms with Gasteiger partial charge in [0.1, 0.15) is 5.82 Å². The minimum Gasteiger partial charge on any atom is -0.466 e. The Bertz CT molecular complexity index is 636. The summed E-state index contributed by atoms with van der Waals surface area (Å²) in [6.45, 7) is 5.36. The molecule has 138 valence electrons. The Hall–Kier alpha value is -1.57. The van der Waals surface area contributed by atoms with Crippen molar-refractivity contribution in [1.82, 2.24) is 19.7 Å². The second kappa shape index (κ2) is 7.76. The fourth-order valence-corrected chi connectivity index (χ4v) is 4.09. The Morgan fingerprint density at radius 1 is 1.24 bits per heavy atom. The van der Waals surface area contributed by atoms with E-state index in [1.54, 1.807) is 0 Å². The molecule has 1 aromatic heterocycles. The molecule has 2 fully saturated rings. The van der Waals surface area contributed by atoms with E-state index in [9.17, 15) is 9.59 Å². The minimum atomic E-state index is -0.214. The van der Waals surface area contributed by atoms with Crippen molar-refractivity contribution in [2.24, 2.45) is 13.0 Å². The minimum absolute atomic E-state index is 0.0770. The smallest absolute Gasteiger partial charge is 0.309 e. The van der Waals surface area contributed by atoms with Gasteiger partial charge in [0.05, 0.1) is 17.8 Å². The van der Waals surface area contributed by atoms with E-state index in [0.29, 0.717) is 38.5 Å². The maximum absolute atomic E-state index is 12.7. The Balaban J connectivity index is 1.52. The number of piperidine rings is 1. The molecule has 0 N–H and O–H groups in total. The van der Waals surface area contributed by atoms with Crippen LogP contribution in [0.3, 0.4) is 0 Å². The number of carbonyl (C=O) groups excluding carboxylic acids is 2. The van der Waals surface area contributed by atoms with Crippen LogP contribution in [0, 0.1) is 5.92 Å². The molecule has 1 atom stereocenters. The SMILES string of the molecule is CCOC(=O)C1CCN(C(=O)C(C)Sc2nnc(C3CC3)n2C)CC1. The van der Waals surface area contributed by atoms with E-state index >= 15 is 0 Å². The number of likely N-dealkylation sites (tertiary alicyclic amines) is 1. The maximum Gasteiger partial charge on any atom is 0.309 e. The van der Waals surface area contributed by atoms with Gasteiger partial charge >= 0.3 is 5.97 Å². The molecule has 1 saturated carbocycles. The molecule has 0 bridgehead atoms. The summed E-state index contributed by atoms with van der Waals surface area (Å²) in [5, 5.41) is 9.09. The summed E-state index contributed by atoms with van der Waals surface area (Å²) in [5.74, 6) is 1.45. The highest BCUT2D eigenvalue weighted by atomic mass is 32.2. The molecule has 0 radical (unpaired) electrons. The average Bonchev–Trinajstić information content (AvgIpc) is 3.39. The van der Waals surface area contributed by atoms with Gasteiger partial charge in [-0.2, -0.15) is 0 Å². The van der Waals surface area contributed by atoms with Crippen molar-refractivity contribution in [2.75, 3.05) is 19.7 Å². The van der Waals surface area contributed by atoms with Gasteiger partial charge in [-0.3, -0.25) is 9.59 Å². The quantitative estimate of drug-likeness (QED) is 0.566. The Kier molecular flexibility index (Phi) is 5.66. The lowest BCUT2D eigenvalue weighted by Crippen LogP contribution is -2.43. The van der Waals surface area contributed by atoms with Gasteiger partial charge in [-0.25, -0.2) is 0 Å². The maximum atomic E-state index is 12.7. The molecule has 8 heteroatoms. The molecule has 25 heavy (non-hydrogen) atoms. The highest BCUT2D eigenvalue weighted by Gasteiger charge is 2.32. The van der Waals surface area contributed by atoms with Crippen molar-refractivity contribution < 1.29 is 14.3 Å². The van der Waals surface area contributed by atoms with Crippen molar-refractivity contribution in [3.63, 3.8) is 0 Å². The van der Waals surface area contributed by atoms with Crippen LogP contribution < -0.4 is 0 Å². The number of ether oxygens (including phenoxy) is 1. The summed E-state index contributed by atoms with van der Waals surface area (Å²) in [4.78, 5) is 26.4. The molecule has 0 spiro atoms. The van der Waals surface area contributed by atoms with Gasteiger partial charge in [0.15, 0.2) is 5.16 Å². The van der Waals surface area contributed by atoms with E-state index in [1.807, 2.05) is 30.4 Å². The molecule has 2 heterocycles.